The molecule has 20 heavy (non-hydrogen) atoms. The van der Waals surface area contributed by atoms with Crippen molar-refractivity contribution < 1.29 is 4.74 Å². The molecule has 0 saturated heterocycles. The van der Waals surface area contributed by atoms with Crippen LogP contribution in [0.5, 0.6) is 5.88 Å². The summed E-state index contributed by atoms with van der Waals surface area (Å²) >= 11 is 0. The van der Waals surface area contributed by atoms with Gasteiger partial charge in [0.1, 0.15) is 0 Å². The fourth-order valence-electron chi connectivity index (χ4n) is 2.20. The molecule has 0 saturated carbocycles. The number of ether oxygens (including phenoxy) is 1. The summed E-state index contributed by atoms with van der Waals surface area (Å²) in [7, 11) is 0. The van der Waals surface area contributed by atoms with Crippen molar-refractivity contribution in [2.75, 3.05) is 11.9 Å². The van der Waals surface area contributed by atoms with E-state index < -0.39 is 0 Å². The minimum Gasteiger partial charge on any atom is -0.478 e. The number of hydrogen-bond acceptors (Lipinski definition) is 3. The molecule has 0 bridgehead atoms. The van der Waals surface area contributed by atoms with Crippen molar-refractivity contribution >= 4 is 5.69 Å². The molecule has 0 fully saturated rings. The molecule has 1 heterocycles. The molecule has 106 valence electrons. The van der Waals surface area contributed by atoms with E-state index in [0.717, 1.165) is 18.5 Å². The molecule has 3 nitrogen and oxygen atoms in total. The maximum Gasteiger partial charge on any atom is 0.213 e. The number of rotatable bonds is 7. The highest BCUT2D eigenvalue weighted by Gasteiger charge is 2.10. The number of pyridine rings is 1. The van der Waals surface area contributed by atoms with Crippen LogP contribution in [0.3, 0.4) is 0 Å². The first-order valence-electron chi connectivity index (χ1n) is 7.23. The van der Waals surface area contributed by atoms with Crippen LogP contribution in [-0.2, 0) is 0 Å². The molecular formula is C17H22N2O. The van der Waals surface area contributed by atoms with Crippen molar-refractivity contribution in [2.45, 2.75) is 32.7 Å². The summed E-state index contributed by atoms with van der Waals surface area (Å²) in [5.41, 5.74) is 2.33. The zero-order valence-electron chi connectivity index (χ0n) is 12.2. The van der Waals surface area contributed by atoms with E-state index in [1.807, 2.05) is 31.3 Å². The van der Waals surface area contributed by atoms with E-state index in [0.29, 0.717) is 18.5 Å². The van der Waals surface area contributed by atoms with Gasteiger partial charge in [-0.2, -0.15) is 0 Å². The highest BCUT2D eigenvalue weighted by atomic mass is 16.5. The predicted octanol–water partition coefficient (Wildman–Crippen LogP) is 4.43. The Bertz CT molecular complexity index is 496. The van der Waals surface area contributed by atoms with Crippen LogP contribution in [-0.4, -0.2) is 11.6 Å². The molecular weight excluding hydrogens is 248 g/mol. The second-order valence-electron chi connectivity index (χ2n) is 4.71. The Morgan fingerprint density at radius 2 is 1.90 bits per heavy atom. The second kappa shape index (κ2) is 7.53. The van der Waals surface area contributed by atoms with Crippen molar-refractivity contribution in [3.63, 3.8) is 0 Å². The minimum absolute atomic E-state index is 0.320. The zero-order valence-corrected chi connectivity index (χ0v) is 12.2. The number of aromatic nitrogens is 1. The van der Waals surface area contributed by atoms with Crippen LogP contribution in [0, 0.1) is 0 Å². The minimum atomic E-state index is 0.320. The average molecular weight is 270 g/mol. The SMILES string of the molecule is CCCC(Nc1ccc(OCC)nc1)c1ccccc1. The smallest absolute Gasteiger partial charge is 0.213 e. The molecule has 1 atom stereocenters. The summed E-state index contributed by atoms with van der Waals surface area (Å²) in [6, 6.07) is 14.8. The molecule has 1 aromatic heterocycles. The van der Waals surface area contributed by atoms with Crippen molar-refractivity contribution in [1.82, 2.24) is 4.98 Å². The lowest BCUT2D eigenvalue weighted by Crippen LogP contribution is -2.10. The summed E-state index contributed by atoms with van der Waals surface area (Å²) in [6.45, 7) is 4.80. The van der Waals surface area contributed by atoms with E-state index in [1.54, 1.807) is 0 Å². The Morgan fingerprint density at radius 1 is 1.10 bits per heavy atom. The second-order valence-corrected chi connectivity index (χ2v) is 4.71. The van der Waals surface area contributed by atoms with Gasteiger partial charge in [-0.3, -0.25) is 0 Å². The van der Waals surface area contributed by atoms with Crippen LogP contribution in [0.15, 0.2) is 48.7 Å². The standard InChI is InChI=1S/C17H22N2O/c1-3-8-16(14-9-6-5-7-10-14)19-15-11-12-17(18-13-15)20-4-2/h5-7,9-13,16,19H,3-4,8H2,1-2H3. The Labute approximate surface area is 121 Å². The lowest BCUT2D eigenvalue weighted by Gasteiger charge is -2.19. The van der Waals surface area contributed by atoms with Crippen LogP contribution in [0.2, 0.25) is 0 Å². The molecule has 0 aliphatic carbocycles. The molecule has 0 spiro atoms. The van der Waals surface area contributed by atoms with Gasteiger partial charge in [0, 0.05) is 6.07 Å². The highest BCUT2D eigenvalue weighted by Crippen LogP contribution is 2.24. The molecule has 0 aliphatic rings. The molecule has 1 unspecified atom stereocenters. The molecule has 3 heteroatoms. The van der Waals surface area contributed by atoms with Crippen molar-refractivity contribution in [1.29, 1.82) is 0 Å². The third-order valence-electron chi connectivity index (χ3n) is 3.15. The Kier molecular flexibility index (Phi) is 5.42. The maximum absolute atomic E-state index is 5.36. The van der Waals surface area contributed by atoms with Crippen molar-refractivity contribution in [3.8, 4) is 5.88 Å². The van der Waals surface area contributed by atoms with Gasteiger partial charge in [0.05, 0.1) is 24.5 Å². The number of nitrogens with one attached hydrogen (secondary N) is 1. The predicted molar refractivity (Wildman–Crippen MR) is 83.1 cm³/mol. The van der Waals surface area contributed by atoms with Crippen LogP contribution in [0.1, 0.15) is 38.3 Å². The normalized spacial score (nSPS) is 11.9. The molecule has 1 N–H and O–H groups in total. The molecule has 0 aliphatic heterocycles. The monoisotopic (exact) mass is 270 g/mol. The van der Waals surface area contributed by atoms with Gasteiger partial charge in [-0.05, 0) is 25.0 Å². The third kappa shape index (κ3) is 3.98. The first-order valence-corrected chi connectivity index (χ1v) is 7.23. The van der Waals surface area contributed by atoms with Crippen LogP contribution in [0.4, 0.5) is 5.69 Å². The van der Waals surface area contributed by atoms with E-state index >= 15 is 0 Å². The van der Waals surface area contributed by atoms with E-state index in [2.05, 4.69) is 41.5 Å². The lowest BCUT2D eigenvalue weighted by atomic mass is 10.0. The van der Waals surface area contributed by atoms with Crippen molar-refractivity contribution in [3.05, 3.63) is 54.2 Å². The fraction of sp³-hybridized carbons (Fsp3) is 0.353. The van der Waals surface area contributed by atoms with E-state index in [4.69, 9.17) is 4.74 Å². The van der Waals surface area contributed by atoms with Gasteiger partial charge in [0.15, 0.2) is 0 Å². The quantitative estimate of drug-likeness (QED) is 0.808. The number of hydrogen-bond donors (Lipinski definition) is 1. The van der Waals surface area contributed by atoms with Gasteiger partial charge in [0.2, 0.25) is 5.88 Å². The van der Waals surface area contributed by atoms with E-state index in [1.165, 1.54) is 5.56 Å². The Morgan fingerprint density at radius 3 is 2.50 bits per heavy atom. The fourth-order valence-corrected chi connectivity index (χ4v) is 2.20. The summed E-state index contributed by atoms with van der Waals surface area (Å²) in [5, 5.41) is 3.55. The van der Waals surface area contributed by atoms with Gasteiger partial charge in [0.25, 0.3) is 0 Å². The topological polar surface area (TPSA) is 34.1 Å². The number of benzene rings is 1. The summed E-state index contributed by atoms with van der Waals surface area (Å²) in [5.74, 6) is 0.671. The van der Waals surface area contributed by atoms with Gasteiger partial charge in [-0.1, -0.05) is 43.7 Å². The summed E-state index contributed by atoms with van der Waals surface area (Å²) in [4.78, 5) is 4.29. The molecule has 2 aromatic rings. The third-order valence-corrected chi connectivity index (χ3v) is 3.15. The largest absolute Gasteiger partial charge is 0.478 e. The maximum atomic E-state index is 5.36. The van der Waals surface area contributed by atoms with Gasteiger partial charge >= 0.3 is 0 Å². The molecule has 1 aromatic carbocycles. The van der Waals surface area contributed by atoms with Gasteiger partial charge in [-0.15, -0.1) is 0 Å². The molecule has 2 rings (SSSR count). The number of nitrogens with zero attached hydrogens (tertiary/aromatic N) is 1. The molecule has 0 amide bonds. The van der Waals surface area contributed by atoms with E-state index in [-0.39, 0.29) is 0 Å². The Balaban J connectivity index is 2.08. The van der Waals surface area contributed by atoms with Crippen LogP contribution < -0.4 is 10.1 Å². The first kappa shape index (κ1) is 14.4. The molecule has 0 radical (unpaired) electrons. The zero-order chi connectivity index (χ0) is 14.2. The van der Waals surface area contributed by atoms with Crippen LogP contribution >= 0.6 is 0 Å². The van der Waals surface area contributed by atoms with Gasteiger partial charge < -0.3 is 10.1 Å². The van der Waals surface area contributed by atoms with Crippen molar-refractivity contribution in [2.24, 2.45) is 0 Å². The summed E-state index contributed by atoms with van der Waals surface area (Å²) < 4.78 is 5.36. The van der Waals surface area contributed by atoms with Crippen LogP contribution in [0.25, 0.3) is 0 Å². The Hall–Kier alpha value is -2.03. The first-order chi connectivity index (χ1) is 9.83. The average Bonchev–Trinajstić information content (AvgIpc) is 2.50. The summed E-state index contributed by atoms with van der Waals surface area (Å²) in [6.07, 6.45) is 4.06. The highest BCUT2D eigenvalue weighted by molar-refractivity contribution is 5.44. The number of anilines is 1. The van der Waals surface area contributed by atoms with Gasteiger partial charge in [-0.25, -0.2) is 4.98 Å². The lowest BCUT2D eigenvalue weighted by molar-refractivity contribution is 0.327. The van der Waals surface area contributed by atoms with E-state index in [9.17, 15) is 0 Å².